The lowest BCUT2D eigenvalue weighted by Crippen LogP contribution is -2.60. The highest BCUT2D eigenvalue weighted by Gasteiger charge is 2.66. The molecule has 0 aromatic heterocycles. The molecule has 0 spiro atoms. The number of hydrogen-bond acceptors (Lipinski definition) is 4. The van der Waals surface area contributed by atoms with Crippen LogP contribution in [0.3, 0.4) is 0 Å². The van der Waals surface area contributed by atoms with Gasteiger partial charge in [0.05, 0.1) is 18.8 Å². The van der Waals surface area contributed by atoms with Crippen LogP contribution in [-0.2, 0) is 14.3 Å². The Morgan fingerprint density at radius 3 is 2.59 bits per heavy atom. The fourth-order valence-corrected chi connectivity index (χ4v) is 8.21. The van der Waals surface area contributed by atoms with Gasteiger partial charge in [-0.2, -0.15) is 0 Å². The van der Waals surface area contributed by atoms with Gasteiger partial charge in [0.2, 0.25) is 0 Å². The minimum absolute atomic E-state index is 0.00736. The maximum absolute atomic E-state index is 13.9. The van der Waals surface area contributed by atoms with Crippen molar-refractivity contribution in [1.82, 2.24) is 0 Å². The standard InChI is InChI=1S/C25H38O4/c1-15-22(28)21-18(7-6-16-14-17(27)10-11-24(16,21)4)19-8-9-20(25(15,19)5)23(2,3)29-13-12-26/h14-15,18-21,26H,6-13H2,1-5H3. The SMILES string of the molecule is CC1C(=O)C2C(CCC3=CC(=O)CCC32C)C2CCC(C(C)(C)OCCO)C12C. The largest absolute Gasteiger partial charge is 0.394 e. The fraction of sp³-hybridized carbons (Fsp3) is 0.840. The summed E-state index contributed by atoms with van der Waals surface area (Å²) in [5.41, 5.74) is 0.679. The summed E-state index contributed by atoms with van der Waals surface area (Å²) in [6.45, 7) is 11.4. The lowest BCUT2D eigenvalue weighted by molar-refractivity contribution is -0.169. The summed E-state index contributed by atoms with van der Waals surface area (Å²) < 4.78 is 6.11. The summed E-state index contributed by atoms with van der Waals surface area (Å²) in [5.74, 6) is 1.96. The minimum Gasteiger partial charge on any atom is -0.394 e. The van der Waals surface area contributed by atoms with Crippen molar-refractivity contribution >= 4 is 11.6 Å². The number of Topliss-reactive ketones (excluding diaryl/α,β-unsaturated/α-hetero) is 1. The maximum Gasteiger partial charge on any atom is 0.155 e. The lowest BCUT2D eigenvalue weighted by Gasteiger charge is -2.60. The van der Waals surface area contributed by atoms with Crippen LogP contribution in [0.1, 0.15) is 73.1 Å². The molecule has 7 unspecified atom stereocenters. The highest BCUT2D eigenvalue weighted by molar-refractivity contribution is 5.93. The first-order chi connectivity index (χ1) is 13.6. The first kappa shape index (κ1) is 21.2. The summed E-state index contributed by atoms with van der Waals surface area (Å²) in [7, 11) is 0. The summed E-state index contributed by atoms with van der Waals surface area (Å²) in [6.07, 6.45) is 7.51. The molecular formula is C25H38O4. The van der Waals surface area contributed by atoms with Gasteiger partial charge in [0.25, 0.3) is 0 Å². The fourth-order valence-electron chi connectivity index (χ4n) is 8.21. The van der Waals surface area contributed by atoms with Gasteiger partial charge in [0, 0.05) is 18.3 Å². The van der Waals surface area contributed by atoms with Gasteiger partial charge >= 0.3 is 0 Å². The van der Waals surface area contributed by atoms with Gasteiger partial charge < -0.3 is 9.84 Å². The molecule has 162 valence electrons. The van der Waals surface area contributed by atoms with Crippen molar-refractivity contribution in [2.45, 2.75) is 78.7 Å². The summed E-state index contributed by atoms with van der Waals surface area (Å²) in [4.78, 5) is 26.0. The third-order valence-electron chi connectivity index (χ3n) is 9.72. The van der Waals surface area contributed by atoms with E-state index in [9.17, 15) is 14.7 Å². The van der Waals surface area contributed by atoms with E-state index in [0.29, 0.717) is 36.6 Å². The molecule has 0 aromatic carbocycles. The van der Waals surface area contributed by atoms with Crippen LogP contribution in [0.25, 0.3) is 0 Å². The van der Waals surface area contributed by atoms with E-state index in [1.54, 1.807) is 0 Å². The molecule has 0 bridgehead atoms. The Morgan fingerprint density at radius 2 is 1.90 bits per heavy atom. The zero-order chi connectivity index (χ0) is 21.2. The average Bonchev–Trinajstić information content (AvgIpc) is 3.04. The maximum atomic E-state index is 13.9. The van der Waals surface area contributed by atoms with Crippen LogP contribution in [0.15, 0.2) is 11.6 Å². The normalized spacial score (nSPS) is 44.8. The number of hydrogen-bond donors (Lipinski definition) is 1. The Labute approximate surface area is 175 Å². The Balaban J connectivity index is 1.71. The van der Waals surface area contributed by atoms with Crippen molar-refractivity contribution in [2.24, 2.45) is 40.4 Å². The number of rotatable bonds is 4. The van der Waals surface area contributed by atoms with Gasteiger partial charge in [-0.05, 0) is 80.6 Å². The number of aliphatic hydroxyl groups excluding tert-OH is 1. The van der Waals surface area contributed by atoms with Gasteiger partial charge in [-0.1, -0.05) is 26.3 Å². The highest BCUT2D eigenvalue weighted by atomic mass is 16.5. The van der Waals surface area contributed by atoms with E-state index in [-0.39, 0.29) is 40.7 Å². The smallest absolute Gasteiger partial charge is 0.155 e. The van der Waals surface area contributed by atoms with Crippen molar-refractivity contribution in [3.8, 4) is 0 Å². The molecule has 0 saturated heterocycles. The molecular weight excluding hydrogens is 364 g/mol. The number of ether oxygens (including phenoxy) is 1. The number of fused-ring (bicyclic) bond motifs is 5. The van der Waals surface area contributed by atoms with E-state index >= 15 is 0 Å². The second-order valence-corrected chi connectivity index (χ2v) is 11.1. The molecule has 3 fully saturated rings. The predicted molar refractivity (Wildman–Crippen MR) is 112 cm³/mol. The summed E-state index contributed by atoms with van der Waals surface area (Å²) >= 11 is 0. The number of carbonyl (C=O) groups is 2. The Kier molecular flexibility index (Phi) is 5.14. The van der Waals surface area contributed by atoms with Gasteiger partial charge in [0.15, 0.2) is 5.78 Å². The average molecular weight is 403 g/mol. The number of carbonyl (C=O) groups excluding carboxylic acids is 2. The molecule has 4 rings (SSSR count). The molecule has 7 atom stereocenters. The van der Waals surface area contributed by atoms with Gasteiger partial charge in [-0.3, -0.25) is 9.59 Å². The zero-order valence-corrected chi connectivity index (χ0v) is 18.8. The van der Waals surface area contributed by atoms with E-state index < -0.39 is 0 Å². The molecule has 1 N–H and O–H groups in total. The second-order valence-electron chi connectivity index (χ2n) is 11.1. The quantitative estimate of drug-likeness (QED) is 0.759. The Morgan fingerprint density at radius 1 is 1.17 bits per heavy atom. The third-order valence-corrected chi connectivity index (χ3v) is 9.72. The summed E-state index contributed by atoms with van der Waals surface area (Å²) in [6, 6.07) is 0. The van der Waals surface area contributed by atoms with E-state index in [0.717, 1.165) is 32.1 Å². The van der Waals surface area contributed by atoms with Crippen molar-refractivity contribution in [3.05, 3.63) is 11.6 Å². The lowest BCUT2D eigenvalue weighted by atomic mass is 9.43. The first-order valence-corrected chi connectivity index (χ1v) is 11.6. The van der Waals surface area contributed by atoms with Crippen LogP contribution in [0, 0.1) is 40.4 Å². The topological polar surface area (TPSA) is 63.6 Å². The van der Waals surface area contributed by atoms with Crippen molar-refractivity contribution in [1.29, 1.82) is 0 Å². The Hall–Kier alpha value is -1.00. The molecule has 4 nitrogen and oxygen atoms in total. The monoisotopic (exact) mass is 402 g/mol. The van der Waals surface area contributed by atoms with Gasteiger partial charge in [0.1, 0.15) is 5.78 Å². The summed E-state index contributed by atoms with van der Waals surface area (Å²) in [5, 5.41) is 9.27. The van der Waals surface area contributed by atoms with E-state index in [1.807, 2.05) is 6.08 Å². The molecule has 4 heteroatoms. The van der Waals surface area contributed by atoms with Crippen LogP contribution in [0.4, 0.5) is 0 Å². The van der Waals surface area contributed by atoms with Crippen LogP contribution in [-0.4, -0.2) is 35.5 Å². The number of ketones is 2. The van der Waals surface area contributed by atoms with Crippen molar-refractivity contribution < 1.29 is 19.4 Å². The van der Waals surface area contributed by atoms with E-state index in [2.05, 4.69) is 34.6 Å². The van der Waals surface area contributed by atoms with Crippen molar-refractivity contribution in [2.75, 3.05) is 13.2 Å². The van der Waals surface area contributed by atoms with Crippen LogP contribution >= 0.6 is 0 Å². The number of allylic oxidation sites excluding steroid dienone is 1. The zero-order valence-electron chi connectivity index (χ0n) is 18.8. The van der Waals surface area contributed by atoms with Gasteiger partial charge in [-0.25, -0.2) is 0 Å². The van der Waals surface area contributed by atoms with Crippen LogP contribution in [0.5, 0.6) is 0 Å². The van der Waals surface area contributed by atoms with E-state index in [4.69, 9.17) is 4.74 Å². The first-order valence-electron chi connectivity index (χ1n) is 11.6. The minimum atomic E-state index is -0.353. The molecule has 29 heavy (non-hydrogen) atoms. The molecule has 0 aromatic rings. The molecule has 4 aliphatic rings. The molecule has 0 aliphatic heterocycles. The second kappa shape index (κ2) is 7.02. The molecule has 0 amide bonds. The Bertz CT molecular complexity index is 737. The molecule has 4 aliphatic carbocycles. The number of aliphatic hydroxyl groups is 1. The molecule has 0 heterocycles. The predicted octanol–water partition coefficient (Wildman–Crippen LogP) is 4.35. The molecule has 0 radical (unpaired) electrons. The van der Waals surface area contributed by atoms with E-state index in [1.165, 1.54) is 5.57 Å². The van der Waals surface area contributed by atoms with Crippen LogP contribution in [0.2, 0.25) is 0 Å². The van der Waals surface area contributed by atoms with Crippen LogP contribution < -0.4 is 0 Å². The van der Waals surface area contributed by atoms with Gasteiger partial charge in [-0.15, -0.1) is 0 Å². The molecule has 3 saturated carbocycles. The third kappa shape index (κ3) is 2.92. The van der Waals surface area contributed by atoms with Crippen molar-refractivity contribution in [3.63, 3.8) is 0 Å². The highest BCUT2D eigenvalue weighted by Crippen LogP contribution is 2.68.